The molecule has 1 N–H and O–H groups in total. The number of aromatic amines is 1. The maximum Gasteiger partial charge on any atom is 0.340 e. The number of methoxy groups -OCH3 is 1. The molecule has 8 heteroatoms. The van der Waals surface area contributed by atoms with Gasteiger partial charge in [0.15, 0.2) is 0 Å². The van der Waals surface area contributed by atoms with E-state index >= 15 is 0 Å². The number of H-pyrrole nitrogens is 1. The Morgan fingerprint density at radius 3 is 2.54 bits per heavy atom. The van der Waals surface area contributed by atoms with Crippen molar-refractivity contribution in [2.45, 2.75) is 16.7 Å². The van der Waals surface area contributed by atoms with Crippen LogP contribution in [0, 0.1) is 6.92 Å². The molecule has 0 aliphatic carbocycles. The Labute approximate surface area is 146 Å². The zero-order chi connectivity index (χ0) is 17.5. The number of nitrogens with zero attached hydrogens (tertiary/aromatic N) is 1. The van der Waals surface area contributed by atoms with Crippen LogP contribution in [0.3, 0.4) is 0 Å². The van der Waals surface area contributed by atoms with Crippen LogP contribution in [0.5, 0.6) is 0 Å². The summed E-state index contributed by atoms with van der Waals surface area (Å²) in [6.45, 7) is 1.67. The fourth-order valence-corrected chi connectivity index (χ4v) is 5.03. The molecule has 0 radical (unpaired) electrons. The lowest BCUT2D eigenvalue weighted by molar-refractivity contribution is 0.0602. The van der Waals surface area contributed by atoms with Gasteiger partial charge in [0.1, 0.15) is 5.65 Å². The number of pyridine rings is 1. The minimum absolute atomic E-state index is 0.0107. The van der Waals surface area contributed by atoms with E-state index in [2.05, 4.69) is 25.9 Å². The molecule has 0 fully saturated rings. The van der Waals surface area contributed by atoms with Crippen LogP contribution >= 0.6 is 15.9 Å². The van der Waals surface area contributed by atoms with E-state index in [-0.39, 0.29) is 25.2 Å². The van der Waals surface area contributed by atoms with E-state index in [9.17, 15) is 13.2 Å². The molecular formula is C16H13BrN2O4S. The number of fused-ring (bicyclic) bond motifs is 1. The van der Waals surface area contributed by atoms with E-state index in [0.717, 1.165) is 0 Å². The van der Waals surface area contributed by atoms with Crippen LogP contribution < -0.4 is 0 Å². The van der Waals surface area contributed by atoms with Crippen molar-refractivity contribution in [3.8, 4) is 0 Å². The predicted molar refractivity (Wildman–Crippen MR) is 91.8 cm³/mol. The molecule has 1 aromatic carbocycles. The highest BCUT2D eigenvalue weighted by Crippen LogP contribution is 2.36. The summed E-state index contributed by atoms with van der Waals surface area (Å²) in [5, 5.41) is 0.220. The maximum atomic E-state index is 13.1. The van der Waals surface area contributed by atoms with Crippen molar-refractivity contribution in [1.82, 2.24) is 9.97 Å². The van der Waals surface area contributed by atoms with Crippen molar-refractivity contribution < 1.29 is 17.9 Å². The first-order chi connectivity index (χ1) is 11.4. The number of benzene rings is 1. The number of hydrogen-bond donors (Lipinski definition) is 1. The molecule has 0 atom stereocenters. The first-order valence-corrected chi connectivity index (χ1v) is 9.20. The lowest BCUT2D eigenvalue weighted by atomic mass is 10.2. The van der Waals surface area contributed by atoms with Crippen LogP contribution in [0.2, 0.25) is 0 Å². The van der Waals surface area contributed by atoms with Crippen molar-refractivity contribution in [1.29, 1.82) is 0 Å². The number of halogens is 1. The van der Waals surface area contributed by atoms with Crippen LogP contribution in [-0.2, 0) is 14.6 Å². The fourth-order valence-electron chi connectivity index (χ4n) is 2.56. The highest BCUT2D eigenvalue weighted by molar-refractivity contribution is 9.10. The Morgan fingerprint density at radius 1 is 1.25 bits per heavy atom. The molecule has 3 rings (SSSR count). The van der Waals surface area contributed by atoms with Crippen molar-refractivity contribution >= 4 is 42.8 Å². The number of rotatable bonds is 3. The van der Waals surface area contributed by atoms with Crippen molar-refractivity contribution in [3.05, 3.63) is 52.3 Å². The summed E-state index contributed by atoms with van der Waals surface area (Å²) in [4.78, 5) is 19.4. The Kier molecular flexibility index (Phi) is 4.18. The second-order valence-corrected chi connectivity index (χ2v) is 7.83. The lowest BCUT2D eigenvalue weighted by Crippen LogP contribution is -2.08. The van der Waals surface area contributed by atoms with Gasteiger partial charge in [0.2, 0.25) is 9.84 Å². The third-order valence-electron chi connectivity index (χ3n) is 3.63. The number of carbonyl (C=O) groups excluding carboxylic acids is 1. The second kappa shape index (κ2) is 6.03. The second-order valence-electron chi connectivity index (χ2n) is 5.09. The van der Waals surface area contributed by atoms with Gasteiger partial charge < -0.3 is 9.72 Å². The van der Waals surface area contributed by atoms with Gasteiger partial charge in [-0.05, 0) is 35.0 Å². The molecule has 0 saturated heterocycles. The summed E-state index contributed by atoms with van der Waals surface area (Å²) in [6, 6.07) is 8.03. The normalized spacial score (nSPS) is 11.6. The average molecular weight is 409 g/mol. The number of nitrogens with one attached hydrogen (secondary N) is 1. The highest BCUT2D eigenvalue weighted by atomic mass is 79.9. The largest absolute Gasteiger partial charge is 0.465 e. The average Bonchev–Trinajstić information content (AvgIpc) is 2.90. The summed E-state index contributed by atoms with van der Waals surface area (Å²) < 4.78 is 31.3. The number of aromatic nitrogens is 2. The molecule has 0 aliphatic heterocycles. The maximum absolute atomic E-state index is 13.1. The molecule has 6 nitrogen and oxygen atoms in total. The van der Waals surface area contributed by atoms with Crippen molar-refractivity contribution in [2.24, 2.45) is 0 Å². The van der Waals surface area contributed by atoms with Gasteiger partial charge in [-0.2, -0.15) is 0 Å². The summed E-state index contributed by atoms with van der Waals surface area (Å²) in [5.74, 6) is -0.622. The van der Waals surface area contributed by atoms with Crippen molar-refractivity contribution in [2.75, 3.05) is 7.11 Å². The van der Waals surface area contributed by atoms with Crippen LogP contribution in [-0.4, -0.2) is 31.5 Å². The van der Waals surface area contributed by atoms with E-state index < -0.39 is 15.8 Å². The van der Waals surface area contributed by atoms with E-state index in [1.54, 1.807) is 25.1 Å². The zero-order valence-electron chi connectivity index (χ0n) is 12.8. The highest BCUT2D eigenvalue weighted by Gasteiger charge is 2.29. The van der Waals surface area contributed by atoms with Gasteiger partial charge in [-0.1, -0.05) is 18.2 Å². The number of ether oxygens (including phenoxy) is 1. The summed E-state index contributed by atoms with van der Waals surface area (Å²) >= 11 is 3.26. The minimum atomic E-state index is -3.86. The van der Waals surface area contributed by atoms with E-state index in [1.165, 1.54) is 25.4 Å². The Bertz CT molecular complexity index is 1040. The molecule has 0 aliphatic rings. The van der Waals surface area contributed by atoms with Crippen LogP contribution in [0.4, 0.5) is 0 Å². The number of carbonyl (C=O) groups is 1. The summed E-state index contributed by atoms with van der Waals surface area (Å²) in [6.07, 6.45) is 1.40. The van der Waals surface area contributed by atoms with Gasteiger partial charge >= 0.3 is 5.97 Å². The number of aryl methyl sites for hydroxylation is 1. The summed E-state index contributed by atoms with van der Waals surface area (Å²) in [7, 11) is -2.61. The standard InChI is InChI=1S/C16H13BrN2O4S/c1-9-12(16(20)23-2)13-14(11(17)8-18-15(13)19-9)24(21,22)10-6-4-3-5-7-10/h3-8H,1-2H3,(H,18,19). The fraction of sp³-hybridized carbons (Fsp3) is 0.125. The summed E-state index contributed by atoms with van der Waals surface area (Å²) in [5.41, 5.74) is 0.966. The first kappa shape index (κ1) is 16.7. The van der Waals surface area contributed by atoms with Gasteiger partial charge in [-0.3, -0.25) is 0 Å². The third-order valence-corrected chi connectivity index (χ3v) is 6.35. The van der Waals surface area contributed by atoms with E-state index in [1.807, 2.05) is 0 Å². The molecule has 0 amide bonds. The topological polar surface area (TPSA) is 89.1 Å². The molecular weight excluding hydrogens is 396 g/mol. The van der Waals surface area contributed by atoms with Gasteiger partial charge in [0.05, 0.1) is 32.3 Å². The van der Waals surface area contributed by atoms with Crippen LogP contribution in [0.25, 0.3) is 11.0 Å². The third kappa shape index (κ3) is 2.51. The number of hydrogen-bond acceptors (Lipinski definition) is 5. The first-order valence-electron chi connectivity index (χ1n) is 6.93. The number of esters is 1. The quantitative estimate of drug-likeness (QED) is 0.671. The SMILES string of the molecule is COC(=O)c1c(C)[nH]c2ncc(Br)c(S(=O)(=O)c3ccccc3)c12. The van der Waals surface area contributed by atoms with Gasteiger partial charge in [0, 0.05) is 11.9 Å². The molecule has 0 saturated carbocycles. The Hall–Kier alpha value is -2.19. The van der Waals surface area contributed by atoms with Crippen LogP contribution in [0.1, 0.15) is 16.1 Å². The smallest absolute Gasteiger partial charge is 0.340 e. The Morgan fingerprint density at radius 2 is 1.92 bits per heavy atom. The van der Waals surface area contributed by atoms with E-state index in [4.69, 9.17) is 4.74 Å². The molecule has 124 valence electrons. The van der Waals surface area contributed by atoms with E-state index in [0.29, 0.717) is 11.3 Å². The minimum Gasteiger partial charge on any atom is -0.465 e. The van der Waals surface area contributed by atoms with Gasteiger partial charge in [0.25, 0.3) is 0 Å². The molecule has 0 bridgehead atoms. The van der Waals surface area contributed by atoms with Crippen LogP contribution in [0.15, 0.2) is 50.8 Å². The zero-order valence-corrected chi connectivity index (χ0v) is 15.2. The molecule has 2 heterocycles. The molecule has 24 heavy (non-hydrogen) atoms. The molecule has 2 aromatic heterocycles. The Balaban J connectivity index is 2.44. The van der Waals surface area contributed by atoms with Gasteiger partial charge in [-0.25, -0.2) is 18.2 Å². The predicted octanol–water partition coefficient (Wildman–Crippen LogP) is 3.25. The molecule has 3 aromatic rings. The monoisotopic (exact) mass is 408 g/mol. The molecule has 0 spiro atoms. The van der Waals surface area contributed by atoms with Crippen molar-refractivity contribution in [3.63, 3.8) is 0 Å². The van der Waals surface area contributed by atoms with Gasteiger partial charge in [-0.15, -0.1) is 0 Å². The number of sulfone groups is 1. The molecule has 0 unspecified atom stereocenters. The lowest BCUT2D eigenvalue weighted by Gasteiger charge is -2.09.